The minimum atomic E-state index is -0.944. The van der Waals surface area contributed by atoms with E-state index in [0.717, 1.165) is 17.1 Å². The van der Waals surface area contributed by atoms with Crippen LogP contribution in [0.4, 0.5) is 4.39 Å². The van der Waals surface area contributed by atoms with E-state index in [2.05, 4.69) is 9.36 Å². The van der Waals surface area contributed by atoms with Crippen LogP contribution in [0.5, 0.6) is 0 Å². The van der Waals surface area contributed by atoms with Crippen LogP contribution in [0.25, 0.3) is 0 Å². The van der Waals surface area contributed by atoms with Gasteiger partial charge in [0.15, 0.2) is 0 Å². The van der Waals surface area contributed by atoms with Crippen LogP contribution >= 0.6 is 11.5 Å². The predicted molar refractivity (Wildman–Crippen MR) is 74.5 cm³/mol. The first kappa shape index (κ1) is 14.6. The molecule has 1 aromatic carbocycles. The molecule has 0 saturated heterocycles. The summed E-state index contributed by atoms with van der Waals surface area (Å²) in [6.07, 6.45) is 0.280. The minimum Gasteiger partial charge on any atom is -0.481 e. The molecule has 20 heavy (non-hydrogen) atoms. The first-order valence-electron chi connectivity index (χ1n) is 6.28. The lowest BCUT2D eigenvalue weighted by Crippen LogP contribution is -2.14. The van der Waals surface area contributed by atoms with Crippen LogP contribution in [0.1, 0.15) is 42.1 Å². The van der Waals surface area contributed by atoms with Crippen molar-refractivity contribution in [3.05, 3.63) is 46.5 Å². The highest BCUT2D eigenvalue weighted by Gasteiger charge is 2.25. The normalized spacial score (nSPS) is 12.6. The summed E-state index contributed by atoms with van der Waals surface area (Å²) in [5, 5.41) is 9.85. The van der Waals surface area contributed by atoms with Gasteiger partial charge in [0, 0.05) is 5.92 Å². The second kappa shape index (κ2) is 6.09. The van der Waals surface area contributed by atoms with E-state index in [4.69, 9.17) is 0 Å². The third kappa shape index (κ3) is 3.39. The van der Waals surface area contributed by atoms with Crippen LogP contribution in [-0.4, -0.2) is 20.4 Å². The van der Waals surface area contributed by atoms with Gasteiger partial charge in [-0.1, -0.05) is 26.0 Å². The molecule has 0 aliphatic carbocycles. The number of benzene rings is 1. The maximum absolute atomic E-state index is 12.9. The van der Waals surface area contributed by atoms with E-state index in [-0.39, 0.29) is 18.2 Å². The molecule has 2 rings (SSSR count). The van der Waals surface area contributed by atoms with E-state index in [9.17, 15) is 14.3 Å². The molecule has 1 atom stereocenters. The van der Waals surface area contributed by atoms with Gasteiger partial charge in [-0.05, 0) is 35.6 Å². The average molecular weight is 294 g/mol. The Morgan fingerprint density at radius 1 is 1.35 bits per heavy atom. The van der Waals surface area contributed by atoms with Crippen molar-refractivity contribution in [2.45, 2.75) is 32.1 Å². The van der Waals surface area contributed by atoms with Crippen LogP contribution < -0.4 is 0 Å². The average Bonchev–Trinajstić information content (AvgIpc) is 2.87. The van der Waals surface area contributed by atoms with Gasteiger partial charge in [-0.3, -0.25) is 4.79 Å². The number of carboxylic acid groups (broad SMARTS) is 1. The standard InChI is InChI=1S/C14H15FN2O2S/c1-8(2)12-16-13(20-17-12)11(14(18)19)7-9-3-5-10(15)6-4-9/h3-6,8,11H,7H2,1-2H3,(H,18,19). The molecule has 4 nitrogen and oxygen atoms in total. The van der Waals surface area contributed by atoms with Crippen molar-refractivity contribution in [2.24, 2.45) is 0 Å². The fourth-order valence-electron chi connectivity index (χ4n) is 1.76. The van der Waals surface area contributed by atoms with Gasteiger partial charge >= 0.3 is 5.97 Å². The first-order chi connectivity index (χ1) is 9.47. The molecule has 0 aliphatic heterocycles. The summed E-state index contributed by atoms with van der Waals surface area (Å²) >= 11 is 1.12. The summed E-state index contributed by atoms with van der Waals surface area (Å²) in [5.41, 5.74) is 0.764. The maximum atomic E-state index is 12.9. The van der Waals surface area contributed by atoms with Crippen molar-refractivity contribution in [1.82, 2.24) is 9.36 Å². The van der Waals surface area contributed by atoms with Gasteiger partial charge in [0.05, 0.1) is 0 Å². The number of hydrogen-bond donors (Lipinski definition) is 1. The van der Waals surface area contributed by atoms with E-state index in [1.54, 1.807) is 12.1 Å². The van der Waals surface area contributed by atoms with Gasteiger partial charge in [-0.2, -0.15) is 4.37 Å². The lowest BCUT2D eigenvalue weighted by atomic mass is 10.00. The van der Waals surface area contributed by atoms with E-state index >= 15 is 0 Å². The Hall–Kier alpha value is -1.82. The van der Waals surface area contributed by atoms with Gasteiger partial charge in [-0.25, -0.2) is 9.37 Å². The zero-order chi connectivity index (χ0) is 14.7. The van der Waals surface area contributed by atoms with Crippen molar-refractivity contribution in [3.8, 4) is 0 Å². The summed E-state index contributed by atoms with van der Waals surface area (Å²) in [6, 6.07) is 5.84. The molecular formula is C14H15FN2O2S. The molecule has 1 N–H and O–H groups in total. The molecule has 0 radical (unpaired) electrons. The largest absolute Gasteiger partial charge is 0.481 e. The zero-order valence-electron chi connectivity index (χ0n) is 11.2. The molecule has 0 bridgehead atoms. The lowest BCUT2D eigenvalue weighted by molar-refractivity contribution is -0.138. The quantitative estimate of drug-likeness (QED) is 0.919. The number of carboxylic acids is 1. The number of nitrogens with zero attached hydrogens (tertiary/aromatic N) is 2. The third-order valence-corrected chi connectivity index (χ3v) is 3.76. The van der Waals surface area contributed by atoms with Crippen LogP contribution in [0.2, 0.25) is 0 Å². The van der Waals surface area contributed by atoms with Crippen molar-refractivity contribution in [3.63, 3.8) is 0 Å². The van der Waals surface area contributed by atoms with E-state index in [1.165, 1.54) is 12.1 Å². The monoisotopic (exact) mass is 294 g/mol. The van der Waals surface area contributed by atoms with Crippen molar-refractivity contribution < 1.29 is 14.3 Å². The summed E-state index contributed by atoms with van der Waals surface area (Å²) in [6.45, 7) is 3.92. The van der Waals surface area contributed by atoms with Gasteiger partial charge in [0.25, 0.3) is 0 Å². The molecule has 1 unspecified atom stereocenters. The van der Waals surface area contributed by atoms with Crippen LogP contribution in [0.3, 0.4) is 0 Å². The van der Waals surface area contributed by atoms with Crippen molar-refractivity contribution in [1.29, 1.82) is 0 Å². The fourth-order valence-corrected chi connectivity index (χ4v) is 2.64. The summed E-state index contributed by atoms with van der Waals surface area (Å²) in [4.78, 5) is 15.7. The molecule has 1 heterocycles. The molecule has 0 saturated carbocycles. The maximum Gasteiger partial charge on any atom is 0.313 e. The number of aromatic nitrogens is 2. The molecule has 106 valence electrons. The molecule has 6 heteroatoms. The molecular weight excluding hydrogens is 279 g/mol. The predicted octanol–water partition coefficient (Wildman–Crippen LogP) is 3.21. The Balaban J connectivity index is 2.22. The third-order valence-electron chi connectivity index (χ3n) is 2.92. The molecule has 1 aromatic heterocycles. The van der Waals surface area contributed by atoms with E-state index < -0.39 is 11.9 Å². The highest BCUT2D eigenvalue weighted by Crippen LogP contribution is 2.25. The number of aliphatic carboxylic acids is 1. The smallest absolute Gasteiger partial charge is 0.313 e. The Morgan fingerprint density at radius 3 is 2.50 bits per heavy atom. The van der Waals surface area contributed by atoms with Crippen LogP contribution in [0, 0.1) is 5.82 Å². The second-order valence-corrected chi connectivity index (χ2v) is 5.65. The SMILES string of the molecule is CC(C)c1nsc(C(Cc2ccc(F)cc2)C(=O)O)n1. The Morgan fingerprint density at radius 2 is 2.00 bits per heavy atom. The first-order valence-corrected chi connectivity index (χ1v) is 7.05. The van der Waals surface area contributed by atoms with Gasteiger partial charge in [0.2, 0.25) is 0 Å². The second-order valence-electron chi connectivity index (χ2n) is 4.87. The Labute approximate surface area is 120 Å². The Kier molecular flexibility index (Phi) is 4.44. The number of halogens is 1. The van der Waals surface area contributed by atoms with Crippen LogP contribution in [-0.2, 0) is 11.2 Å². The molecule has 0 aliphatic rings. The summed E-state index contributed by atoms with van der Waals surface area (Å²) in [5.74, 6) is -1.19. The highest BCUT2D eigenvalue weighted by atomic mass is 32.1. The number of carbonyl (C=O) groups is 1. The van der Waals surface area contributed by atoms with Crippen LogP contribution in [0.15, 0.2) is 24.3 Å². The van der Waals surface area contributed by atoms with Crippen molar-refractivity contribution in [2.75, 3.05) is 0 Å². The molecule has 0 amide bonds. The number of hydrogen-bond acceptors (Lipinski definition) is 4. The minimum absolute atomic E-state index is 0.167. The molecule has 0 spiro atoms. The van der Waals surface area contributed by atoms with E-state index in [0.29, 0.717) is 10.8 Å². The van der Waals surface area contributed by atoms with Crippen molar-refractivity contribution >= 4 is 17.5 Å². The summed E-state index contributed by atoms with van der Waals surface area (Å²) in [7, 11) is 0. The van der Waals surface area contributed by atoms with Gasteiger partial charge in [-0.15, -0.1) is 0 Å². The highest BCUT2D eigenvalue weighted by molar-refractivity contribution is 7.05. The van der Waals surface area contributed by atoms with Gasteiger partial charge < -0.3 is 5.11 Å². The summed E-state index contributed by atoms with van der Waals surface area (Å²) < 4.78 is 17.0. The Bertz CT molecular complexity index is 595. The van der Waals surface area contributed by atoms with E-state index in [1.807, 2.05) is 13.8 Å². The lowest BCUT2D eigenvalue weighted by Gasteiger charge is -2.09. The van der Waals surface area contributed by atoms with Gasteiger partial charge in [0.1, 0.15) is 22.6 Å². The topological polar surface area (TPSA) is 63.1 Å². The number of rotatable bonds is 5. The molecule has 0 fully saturated rings. The zero-order valence-corrected chi connectivity index (χ0v) is 12.0. The fraction of sp³-hybridized carbons (Fsp3) is 0.357. The molecule has 2 aromatic rings.